The molecule has 0 radical (unpaired) electrons. The van der Waals surface area contributed by atoms with E-state index in [0.29, 0.717) is 25.2 Å². The standard InChI is InChI=1S/C21H23N3O5S/c1-29-21(26)20-17-5-3-2-4-14(17)8-10-23(20)13-19(25)24-11-9-15-12-16(30(22,27)28)6-7-18(15)24/h2-7,12,20H,8-11,13H2,1H3,(H2,22,27,28). The first kappa shape index (κ1) is 20.5. The van der Waals surface area contributed by atoms with Gasteiger partial charge in [0, 0.05) is 18.8 Å². The summed E-state index contributed by atoms with van der Waals surface area (Å²) in [5.41, 5.74) is 3.39. The van der Waals surface area contributed by atoms with E-state index in [9.17, 15) is 18.0 Å². The molecule has 2 aromatic carbocycles. The first-order chi connectivity index (χ1) is 14.3. The summed E-state index contributed by atoms with van der Waals surface area (Å²) >= 11 is 0. The smallest absolute Gasteiger partial charge is 0.327 e. The lowest BCUT2D eigenvalue weighted by Gasteiger charge is -2.35. The third-order valence-corrected chi connectivity index (χ3v) is 6.63. The highest BCUT2D eigenvalue weighted by Crippen LogP contribution is 2.33. The number of ether oxygens (including phenoxy) is 1. The van der Waals surface area contributed by atoms with E-state index in [2.05, 4.69) is 0 Å². The zero-order valence-corrected chi connectivity index (χ0v) is 17.4. The number of sulfonamides is 1. The molecule has 0 saturated heterocycles. The highest BCUT2D eigenvalue weighted by atomic mass is 32.2. The largest absolute Gasteiger partial charge is 0.468 e. The average molecular weight is 429 g/mol. The predicted molar refractivity (Wildman–Crippen MR) is 110 cm³/mol. The minimum Gasteiger partial charge on any atom is -0.468 e. The lowest BCUT2D eigenvalue weighted by Crippen LogP contribution is -2.46. The molecule has 1 amide bonds. The molecular formula is C21H23N3O5S. The number of fused-ring (bicyclic) bond motifs is 2. The van der Waals surface area contributed by atoms with E-state index in [1.54, 1.807) is 11.0 Å². The van der Waals surface area contributed by atoms with E-state index in [0.717, 1.165) is 23.1 Å². The van der Waals surface area contributed by atoms with Crippen LogP contribution >= 0.6 is 0 Å². The van der Waals surface area contributed by atoms with Crippen molar-refractivity contribution in [2.45, 2.75) is 23.8 Å². The Hall–Kier alpha value is -2.75. The summed E-state index contributed by atoms with van der Waals surface area (Å²) in [5.74, 6) is -0.542. The molecule has 158 valence electrons. The molecule has 2 aromatic rings. The number of esters is 1. The second-order valence-electron chi connectivity index (χ2n) is 7.48. The Labute approximate surface area is 175 Å². The van der Waals surface area contributed by atoms with Gasteiger partial charge in [-0.05, 0) is 47.7 Å². The van der Waals surface area contributed by atoms with Gasteiger partial charge in [-0.2, -0.15) is 0 Å². The normalized spacial score (nSPS) is 18.6. The zero-order valence-electron chi connectivity index (χ0n) is 16.6. The fourth-order valence-electron chi connectivity index (χ4n) is 4.25. The fraction of sp³-hybridized carbons (Fsp3) is 0.333. The number of carbonyl (C=O) groups is 2. The maximum absolute atomic E-state index is 13.1. The van der Waals surface area contributed by atoms with E-state index >= 15 is 0 Å². The summed E-state index contributed by atoms with van der Waals surface area (Å²) in [7, 11) is -2.45. The van der Waals surface area contributed by atoms with Gasteiger partial charge in [-0.1, -0.05) is 24.3 Å². The van der Waals surface area contributed by atoms with Gasteiger partial charge in [0.05, 0.1) is 18.6 Å². The summed E-state index contributed by atoms with van der Waals surface area (Å²) in [6, 6.07) is 11.6. The van der Waals surface area contributed by atoms with Crippen LogP contribution in [0.2, 0.25) is 0 Å². The third kappa shape index (κ3) is 3.71. The molecule has 2 heterocycles. The van der Waals surface area contributed by atoms with Crippen LogP contribution in [0, 0.1) is 0 Å². The number of carbonyl (C=O) groups excluding carboxylic acids is 2. The van der Waals surface area contributed by atoms with Crippen molar-refractivity contribution in [2.75, 3.05) is 31.6 Å². The number of rotatable bonds is 4. The van der Waals surface area contributed by atoms with Gasteiger partial charge in [0.25, 0.3) is 0 Å². The number of hydrogen-bond acceptors (Lipinski definition) is 6. The quantitative estimate of drug-likeness (QED) is 0.726. The molecule has 0 aromatic heterocycles. The second kappa shape index (κ2) is 7.82. The van der Waals surface area contributed by atoms with Crippen molar-refractivity contribution in [1.29, 1.82) is 0 Å². The Morgan fingerprint density at radius 2 is 1.83 bits per heavy atom. The summed E-state index contributed by atoms with van der Waals surface area (Å²) < 4.78 is 28.2. The molecule has 30 heavy (non-hydrogen) atoms. The van der Waals surface area contributed by atoms with Gasteiger partial charge in [0.15, 0.2) is 0 Å². The molecular weight excluding hydrogens is 406 g/mol. The Morgan fingerprint density at radius 3 is 2.57 bits per heavy atom. The highest BCUT2D eigenvalue weighted by Gasteiger charge is 2.36. The molecule has 0 spiro atoms. The molecule has 0 saturated carbocycles. The van der Waals surface area contributed by atoms with Crippen LogP contribution in [0.4, 0.5) is 5.69 Å². The SMILES string of the molecule is COC(=O)C1c2ccccc2CCN1CC(=O)N1CCc2cc(S(N)(=O)=O)ccc21. The molecule has 1 unspecified atom stereocenters. The van der Waals surface area contributed by atoms with Crippen LogP contribution in [0.1, 0.15) is 22.7 Å². The number of nitrogens with two attached hydrogens (primary N) is 1. The maximum atomic E-state index is 13.1. The second-order valence-corrected chi connectivity index (χ2v) is 9.04. The van der Waals surface area contributed by atoms with Gasteiger partial charge >= 0.3 is 5.97 Å². The lowest BCUT2D eigenvalue weighted by atomic mass is 9.92. The zero-order chi connectivity index (χ0) is 21.5. The monoisotopic (exact) mass is 429 g/mol. The van der Waals surface area contributed by atoms with Crippen LogP contribution < -0.4 is 10.0 Å². The Kier molecular flexibility index (Phi) is 5.35. The van der Waals surface area contributed by atoms with E-state index in [1.165, 1.54) is 19.2 Å². The average Bonchev–Trinajstić information content (AvgIpc) is 3.16. The Morgan fingerprint density at radius 1 is 1.10 bits per heavy atom. The minimum atomic E-state index is -3.80. The molecule has 4 rings (SSSR count). The van der Waals surface area contributed by atoms with Crippen molar-refractivity contribution in [1.82, 2.24) is 4.90 Å². The number of amides is 1. The molecule has 0 bridgehead atoms. The molecule has 2 aliphatic rings. The first-order valence-electron chi connectivity index (χ1n) is 9.65. The van der Waals surface area contributed by atoms with Crippen LogP contribution in [0.5, 0.6) is 0 Å². The van der Waals surface area contributed by atoms with Crippen LogP contribution in [-0.2, 0) is 37.2 Å². The fourth-order valence-corrected chi connectivity index (χ4v) is 4.81. The van der Waals surface area contributed by atoms with Gasteiger partial charge in [0.1, 0.15) is 6.04 Å². The number of benzene rings is 2. The van der Waals surface area contributed by atoms with Crippen molar-refractivity contribution in [2.24, 2.45) is 5.14 Å². The minimum absolute atomic E-state index is 0.0361. The van der Waals surface area contributed by atoms with Crippen molar-refractivity contribution < 1.29 is 22.7 Å². The van der Waals surface area contributed by atoms with Gasteiger partial charge in [-0.15, -0.1) is 0 Å². The number of anilines is 1. The number of methoxy groups -OCH3 is 1. The molecule has 0 aliphatic carbocycles. The van der Waals surface area contributed by atoms with Crippen molar-refractivity contribution in [3.63, 3.8) is 0 Å². The van der Waals surface area contributed by atoms with Crippen molar-refractivity contribution in [3.8, 4) is 0 Å². The summed E-state index contributed by atoms with van der Waals surface area (Å²) in [6.45, 7) is 1.08. The summed E-state index contributed by atoms with van der Waals surface area (Å²) in [5, 5.41) is 5.21. The molecule has 9 heteroatoms. The van der Waals surface area contributed by atoms with E-state index in [-0.39, 0.29) is 17.3 Å². The Balaban J connectivity index is 1.57. The van der Waals surface area contributed by atoms with E-state index in [4.69, 9.17) is 9.88 Å². The predicted octanol–water partition coefficient (Wildman–Crippen LogP) is 0.996. The van der Waals surface area contributed by atoms with Gasteiger partial charge < -0.3 is 9.64 Å². The summed E-state index contributed by atoms with van der Waals surface area (Å²) in [4.78, 5) is 29.1. The maximum Gasteiger partial charge on any atom is 0.327 e. The lowest BCUT2D eigenvalue weighted by molar-refractivity contribution is -0.148. The first-order valence-corrected chi connectivity index (χ1v) is 11.2. The van der Waals surface area contributed by atoms with Crippen molar-refractivity contribution in [3.05, 3.63) is 59.2 Å². The van der Waals surface area contributed by atoms with E-state index < -0.39 is 22.0 Å². The van der Waals surface area contributed by atoms with Crippen LogP contribution in [0.15, 0.2) is 47.4 Å². The topological polar surface area (TPSA) is 110 Å². The Bertz CT molecular complexity index is 1120. The van der Waals surface area contributed by atoms with Gasteiger partial charge in [0.2, 0.25) is 15.9 Å². The van der Waals surface area contributed by atoms with E-state index in [1.807, 2.05) is 29.2 Å². The third-order valence-electron chi connectivity index (χ3n) is 5.72. The molecule has 0 fully saturated rings. The van der Waals surface area contributed by atoms with Crippen LogP contribution in [-0.4, -0.2) is 51.9 Å². The highest BCUT2D eigenvalue weighted by molar-refractivity contribution is 7.89. The molecule has 2 N–H and O–H groups in total. The van der Waals surface area contributed by atoms with Crippen LogP contribution in [0.25, 0.3) is 0 Å². The van der Waals surface area contributed by atoms with Gasteiger partial charge in [-0.25, -0.2) is 18.4 Å². The van der Waals surface area contributed by atoms with Gasteiger partial charge in [-0.3, -0.25) is 9.69 Å². The summed E-state index contributed by atoms with van der Waals surface area (Å²) in [6.07, 6.45) is 1.29. The number of primary sulfonamides is 1. The molecule has 8 nitrogen and oxygen atoms in total. The van der Waals surface area contributed by atoms with Crippen molar-refractivity contribution >= 4 is 27.6 Å². The molecule has 2 aliphatic heterocycles. The molecule has 1 atom stereocenters. The van der Waals surface area contributed by atoms with Crippen LogP contribution in [0.3, 0.4) is 0 Å². The number of nitrogens with zero attached hydrogens (tertiary/aromatic N) is 2. The number of hydrogen-bond donors (Lipinski definition) is 1.